The van der Waals surface area contributed by atoms with Gasteiger partial charge in [-0.1, -0.05) is 60.2 Å². The van der Waals surface area contributed by atoms with Crippen molar-refractivity contribution in [3.63, 3.8) is 0 Å². The van der Waals surface area contributed by atoms with Gasteiger partial charge in [-0.2, -0.15) is 5.10 Å². The van der Waals surface area contributed by atoms with E-state index in [1.54, 1.807) is 23.0 Å². The van der Waals surface area contributed by atoms with Gasteiger partial charge in [0, 0.05) is 29.0 Å². The topological polar surface area (TPSA) is 80.1 Å². The van der Waals surface area contributed by atoms with Gasteiger partial charge >= 0.3 is 0 Å². The highest BCUT2D eigenvalue weighted by atomic mass is 32.2. The first-order valence-corrected chi connectivity index (χ1v) is 15.1. The number of hydrogen-bond acceptors (Lipinski definition) is 5. The Labute approximate surface area is 257 Å². The number of hydrogen-bond donors (Lipinski definition) is 1. The number of thioether (sulfide) groups is 1. The number of amides is 2. The van der Waals surface area contributed by atoms with Gasteiger partial charge in [-0.05, 0) is 43.7 Å². The Morgan fingerprint density at radius 1 is 1.00 bits per heavy atom. The second kappa shape index (κ2) is 12.4. The lowest BCUT2D eigenvalue weighted by Gasteiger charge is -2.24. The molecule has 2 amide bonds. The molecule has 6 rings (SSSR count). The Hall–Kier alpha value is -4.83. The van der Waals surface area contributed by atoms with Gasteiger partial charge in [-0.15, -0.1) is 11.8 Å². The first kappa shape index (κ1) is 29.3. The van der Waals surface area contributed by atoms with Crippen LogP contribution in [0.1, 0.15) is 33.2 Å². The summed E-state index contributed by atoms with van der Waals surface area (Å²) in [6.07, 6.45) is 1.64. The molecular weight excluding hydrogens is 580 g/mol. The van der Waals surface area contributed by atoms with Crippen molar-refractivity contribution in [3.05, 3.63) is 131 Å². The molecule has 7 nitrogen and oxygen atoms in total. The van der Waals surface area contributed by atoms with E-state index >= 15 is 4.39 Å². The largest absolute Gasteiger partial charge is 0.349 e. The first-order chi connectivity index (χ1) is 21.3. The number of pyridine rings is 1. The second-order valence-corrected chi connectivity index (χ2v) is 11.7. The molecule has 10 heteroatoms. The number of aromatic nitrogens is 3. The maximum absolute atomic E-state index is 15.5. The Morgan fingerprint density at radius 3 is 2.52 bits per heavy atom. The molecule has 0 bridgehead atoms. The molecule has 0 radical (unpaired) electrons. The zero-order valence-electron chi connectivity index (χ0n) is 24.1. The van der Waals surface area contributed by atoms with Crippen molar-refractivity contribution in [3.8, 4) is 16.9 Å². The summed E-state index contributed by atoms with van der Waals surface area (Å²) in [6.45, 7) is 3.84. The number of aryl methyl sites for hydroxylation is 2. The third-order valence-corrected chi connectivity index (χ3v) is 8.69. The zero-order chi connectivity index (χ0) is 30.8. The molecule has 5 aromatic rings. The van der Waals surface area contributed by atoms with E-state index < -0.39 is 16.9 Å². The maximum atomic E-state index is 15.5. The molecule has 3 aromatic carbocycles. The van der Waals surface area contributed by atoms with Crippen LogP contribution in [0, 0.1) is 25.5 Å². The molecule has 0 unspecified atom stereocenters. The van der Waals surface area contributed by atoms with Crippen LogP contribution in [-0.4, -0.2) is 38.9 Å². The second-order valence-electron chi connectivity index (χ2n) is 10.6. The zero-order valence-corrected chi connectivity index (χ0v) is 24.9. The molecule has 0 fully saturated rings. The molecule has 0 saturated heterocycles. The van der Waals surface area contributed by atoms with Gasteiger partial charge in [0.1, 0.15) is 24.0 Å². The molecule has 2 aromatic heterocycles. The summed E-state index contributed by atoms with van der Waals surface area (Å²) in [5, 5.41) is 7.19. The summed E-state index contributed by atoms with van der Waals surface area (Å²) in [6, 6.07) is 24.2. The van der Waals surface area contributed by atoms with Gasteiger partial charge in [0.2, 0.25) is 11.8 Å². The van der Waals surface area contributed by atoms with Crippen LogP contribution in [0.3, 0.4) is 0 Å². The first-order valence-electron chi connectivity index (χ1n) is 14.1. The SMILES string of the molecule is Cc1ccc(-n2nc(-c3ccccc3)c3c2N(CC(=O)NCc2ccccn2)C(=O)CS[C@H]3c2ccc(F)cc2F)c(C)c1. The molecule has 0 saturated carbocycles. The quantitative estimate of drug-likeness (QED) is 0.234. The fourth-order valence-corrected chi connectivity index (χ4v) is 6.61. The van der Waals surface area contributed by atoms with Crippen LogP contribution in [0.25, 0.3) is 16.9 Å². The van der Waals surface area contributed by atoms with Gasteiger partial charge in [-0.25, -0.2) is 13.5 Å². The van der Waals surface area contributed by atoms with Crippen molar-refractivity contribution in [2.45, 2.75) is 25.6 Å². The van der Waals surface area contributed by atoms with Crippen molar-refractivity contribution < 1.29 is 18.4 Å². The number of rotatable bonds is 7. The van der Waals surface area contributed by atoms with E-state index in [0.717, 1.165) is 22.8 Å². The van der Waals surface area contributed by atoms with Crippen molar-refractivity contribution >= 4 is 29.4 Å². The third kappa shape index (κ3) is 5.85. The van der Waals surface area contributed by atoms with Crippen LogP contribution in [0.5, 0.6) is 0 Å². The number of halogens is 2. The smallest absolute Gasteiger partial charge is 0.240 e. The van der Waals surface area contributed by atoms with Crippen LogP contribution in [0.2, 0.25) is 0 Å². The fourth-order valence-electron chi connectivity index (χ4n) is 5.39. The van der Waals surface area contributed by atoms with E-state index in [-0.39, 0.29) is 36.2 Å². The maximum Gasteiger partial charge on any atom is 0.240 e. The van der Waals surface area contributed by atoms with Crippen LogP contribution >= 0.6 is 11.8 Å². The van der Waals surface area contributed by atoms with Crippen molar-refractivity contribution in [1.82, 2.24) is 20.1 Å². The van der Waals surface area contributed by atoms with Gasteiger partial charge in [0.25, 0.3) is 0 Å². The lowest BCUT2D eigenvalue weighted by atomic mass is 9.99. The third-order valence-electron chi connectivity index (χ3n) is 7.46. The summed E-state index contributed by atoms with van der Waals surface area (Å²) in [5.41, 5.74) is 5.44. The molecular formula is C34H29F2N5O2S. The number of anilines is 1. The minimum absolute atomic E-state index is 0.0369. The number of benzene rings is 3. The van der Waals surface area contributed by atoms with Crippen molar-refractivity contribution in [2.75, 3.05) is 17.2 Å². The van der Waals surface area contributed by atoms with E-state index in [4.69, 9.17) is 5.10 Å². The summed E-state index contributed by atoms with van der Waals surface area (Å²) in [4.78, 5) is 32.9. The number of nitrogens with zero attached hydrogens (tertiary/aromatic N) is 4. The Bertz CT molecular complexity index is 1850. The highest BCUT2D eigenvalue weighted by Crippen LogP contribution is 2.49. The molecule has 0 aliphatic carbocycles. The predicted octanol–water partition coefficient (Wildman–Crippen LogP) is 6.31. The molecule has 0 spiro atoms. The lowest BCUT2D eigenvalue weighted by molar-refractivity contribution is -0.123. The van der Waals surface area contributed by atoms with Crippen LogP contribution in [-0.2, 0) is 16.1 Å². The van der Waals surface area contributed by atoms with Crippen LogP contribution < -0.4 is 10.2 Å². The Balaban J connectivity index is 1.55. The minimum atomic E-state index is -0.722. The molecule has 1 aliphatic rings. The molecule has 3 heterocycles. The molecule has 1 N–H and O–H groups in total. The van der Waals surface area contributed by atoms with E-state index in [0.29, 0.717) is 28.5 Å². The number of fused-ring (bicyclic) bond motifs is 1. The highest BCUT2D eigenvalue weighted by Gasteiger charge is 2.38. The lowest BCUT2D eigenvalue weighted by Crippen LogP contribution is -2.42. The van der Waals surface area contributed by atoms with Crippen molar-refractivity contribution in [1.29, 1.82) is 0 Å². The Kier molecular flexibility index (Phi) is 8.25. The summed E-state index contributed by atoms with van der Waals surface area (Å²) in [7, 11) is 0. The van der Waals surface area contributed by atoms with E-state index in [1.165, 1.54) is 28.8 Å². The minimum Gasteiger partial charge on any atom is -0.349 e. The van der Waals surface area contributed by atoms with Crippen LogP contribution in [0.15, 0.2) is 91.1 Å². The van der Waals surface area contributed by atoms with E-state index in [1.807, 2.05) is 68.4 Å². The monoisotopic (exact) mass is 609 g/mol. The van der Waals surface area contributed by atoms with E-state index in [2.05, 4.69) is 10.3 Å². The summed E-state index contributed by atoms with van der Waals surface area (Å²) in [5.74, 6) is -1.80. The molecule has 44 heavy (non-hydrogen) atoms. The molecule has 222 valence electrons. The number of nitrogens with one attached hydrogen (secondary N) is 1. The summed E-state index contributed by atoms with van der Waals surface area (Å²) >= 11 is 1.22. The van der Waals surface area contributed by atoms with Gasteiger partial charge in [-0.3, -0.25) is 19.5 Å². The van der Waals surface area contributed by atoms with Crippen LogP contribution in [0.4, 0.5) is 14.6 Å². The molecule has 1 aliphatic heterocycles. The number of carbonyl (C=O) groups is 2. The Morgan fingerprint density at radius 2 is 1.80 bits per heavy atom. The average molecular weight is 610 g/mol. The van der Waals surface area contributed by atoms with Gasteiger partial charge in [0.15, 0.2) is 0 Å². The van der Waals surface area contributed by atoms with Gasteiger partial charge in [0.05, 0.1) is 34.6 Å². The molecule has 1 atom stereocenters. The van der Waals surface area contributed by atoms with Crippen molar-refractivity contribution in [2.24, 2.45) is 0 Å². The average Bonchev–Trinajstić information content (AvgIpc) is 3.34. The predicted molar refractivity (Wildman–Crippen MR) is 168 cm³/mol. The normalized spacial score (nSPS) is 14.7. The van der Waals surface area contributed by atoms with Gasteiger partial charge < -0.3 is 5.32 Å². The summed E-state index contributed by atoms with van der Waals surface area (Å²) < 4.78 is 31.2. The number of carbonyl (C=O) groups excluding carboxylic acids is 2. The standard InChI is InChI=1S/C34H29F2N5O2S/c1-21-11-14-28(22(2)16-21)41-34-31(32(39-41)23-8-4-3-5-9-23)33(26-13-12-24(35)17-27(26)36)44-20-30(43)40(34)19-29(42)38-18-25-10-6-7-15-37-25/h3-17,33H,18-20H2,1-2H3,(H,38,42)/t33-/m0/s1. The highest BCUT2D eigenvalue weighted by molar-refractivity contribution is 8.00. The van der Waals surface area contributed by atoms with E-state index in [9.17, 15) is 14.0 Å². The fraction of sp³-hybridized carbons (Fsp3) is 0.176.